The van der Waals surface area contributed by atoms with Crippen molar-refractivity contribution in [3.05, 3.63) is 34.0 Å². The number of aromatic nitrogens is 3. The van der Waals surface area contributed by atoms with E-state index in [1.165, 1.54) is 4.88 Å². The number of aliphatic imine (C=N–C) groups is 1. The number of thiophene rings is 1. The van der Waals surface area contributed by atoms with E-state index in [4.69, 9.17) is 4.74 Å². The topological polar surface area (TPSA) is 76.4 Å². The smallest absolute Gasteiger partial charge is 0.191 e. The van der Waals surface area contributed by atoms with Crippen LogP contribution in [0.1, 0.15) is 29.9 Å². The lowest BCUT2D eigenvalue weighted by Gasteiger charge is -2.12. The van der Waals surface area contributed by atoms with E-state index in [-0.39, 0.29) is 24.0 Å². The summed E-state index contributed by atoms with van der Waals surface area (Å²) in [5, 5.41) is 17.1. The average Bonchev–Trinajstić information content (AvgIpc) is 3.23. The van der Waals surface area contributed by atoms with Gasteiger partial charge in [0.05, 0.1) is 0 Å². The van der Waals surface area contributed by atoms with Gasteiger partial charge < -0.3 is 19.9 Å². The van der Waals surface area contributed by atoms with Gasteiger partial charge in [0, 0.05) is 38.2 Å². The van der Waals surface area contributed by atoms with Crippen LogP contribution in [0.15, 0.2) is 22.5 Å². The van der Waals surface area contributed by atoms with Gasteiger partial charge in [0.2, 0.25) is 0 Å². The predicted molar refractivity (Wildman–Crippen MR) is 117 cm³/mol. The predicted octanol–water partition coefficient (Wildman–Crippen LogP) is 2.51. The largest absolute Gasteiger partial charge is 0.382 e. The third kappa shape index (κ3) is 8.00. The average molecular weight is 492 g/mol. The van der Waals surface area contributed by atoms with Gasteiger partial charge >= 0.3 is 0 Å². The monoisotopic (exact) mass is 492 g/mol. The minimum absolute atomic E-state index is 0. The number of hydrogen-bond acceptors (Lipinski definition) is 5. The second-order valence-electron chi connectivity index (χ2n) is 5.62. The number of rotatable bonds is 10. The fraction of sp³-hybridized carbons (Fsp3) is 0.588. The van der Waals surface area contributed by atoms with Crippen molar-refractivity contribution in [3.8, 4) is 0 Å². The lowest BCUT2D eigenvalue weighted by atomic mass is 10.3. The van der Waals surface area contributed by atoms with Crippen molar-refractivity contribution in [2.75, 3.05) is 26.3 Å². The summed E-state index contributed by atoms with van der Waals surface area (Å²) in [4.78, 5) is 6.01. The molecule has 0 aliphatic carbocycles. The van der Waals surface area contributed by atoms with Crippen LogP contribution in [0.3, 0.4) is 0 Å². The Labute approximate surface area is 176 Å². The van der Waals surface area contributed by atoms with E-state index in [0.29, 0.717) is 6.54 Å². The quantitative estimate of drug-likeness (QED) is 0.231. The third-order valence-electron chi connectivity index (χ3n) is 3.77. The number of nitrogens with one attached hydrogen (secondary N) is 2. The zero-order valence-corrected chi connectivity index (χ0v) is 18.8. The van der Waals surface area contributed by atoms with Crippen molar-refractivity contribution in [2.45, 2.75) is 33.2 Å². The number of guanidine groups is 1. The molecule has 0 saturated heterocycles. The second-order valence-corrected chi connectivity index (χ2v) is 6.65. The maximum atomic E-state index is 5.37. The van der Waals surface area contributed by atoms with Crippen molar-refractivity contribution in [2.24, 2.45) is 12.0 Å². The van der Waals surface area contributed by atoms with Gasteiger partial charge in [0.1, 0.15) is 12.4 Å². The molecule has 0 saturated carbocycles. The molecule has 0 radical (unpaired) electrons. The molecule has 2 N–H and O–H groups in total. The summed E-state index contributed by atoms with van der Waals surface area (Å²) in [5.74, 6) is 2.54. The third-order valence-corrected chi connectivity index (χ3v) is 4.70. The molecule has 0 aliphatic rings. The van der Waals surface area contributed by atoms with E-state index in [0.717, 1.165) is 56.8 Å². The maximum absolute atomic E-state index is 5.37. The standard InChI is InChI=1S/C17H28N6OS.HI/c1-4-24-11-6-9-18-17(19-10-8-15-7-5-12-25-15)20-13-16-22-21-14(2)23(16)3;/h5,7,12H,4,6,8-11,13H2,1-3H3,(H2,18,19,20);1H. The van der Waals surface area contributed by atoms with Gasteiger partial charge in [-0.25, -0.2) is 4.99 Å². The van der Waals surface area contributed by atoms with Crippen molar-refractivity contribution in [1.82, 2.24) is 25.4 Å². The molecule has 0 atom stereocenters. The lowest BCUT2D eigenvalue weighted by molar-refractivity contribution is 0.145. The summed E-state index contributed by atoms with van der Waals surface area (Å²) in [6, 6.07) is 4.23. The van der Waals surface area contributed by atoms with E-state index in [9.17, 15) is 0 Å². The summed E-state index contributed by atoms with van der Waals surface area (Å²) in [6.07, 6.45) is 1.93. The molecule has 7 nitrogen and oxygen atoms in total. The Hall–Kier alpha value is -1.20. The summed E-state index contributed by atoms with van der Waals surface area (Å²) in [7, 11) is 1.96. The normalized spacial score (nSPS) is 11.3. The molecule has 2 rings (SSSR count). The van der Waals surface area contributed by atoms with Crippen LogP contribution < -0.4 is 10.6 Å². The van der Waals surface area contributed by atoms with Crippen LogP contribution in [-0.4, -0.2) is 47.0 Å². The Balaban J connectivity index is 0.00000338. The molecule has 0 aromatic carbocycles. The highest BCUT2D eigenvalue weighted by atomic mass is 127. The maximum Gasteiger partial charge on any atom is 0.191 e. The highest BCUT2D eigenvalue weighted by Gasteiger charge is 2.05. The first kappa shape index (κ1) is 22.8. The molecule has 0 amide bonds. The van der Waals surface area contributed by atoms with Gasteiger partial charge in [0.15, 0.2) is 11.8 Å². The summed E-state index contributed by atoms with van der Waals surface area (Å²) >= 11 is 1.78. The Kier molecular flexibility index (Phi) is 11.5. The van der Waals surface area contributed by atoms with Crippen molar-refractivity contribution < 1.29 is 4.74 Å². The summed E-state index contributed by atoms with van der Waals surface area (Å²) in [6.45, 7) is 7.62. The number of nitrogens with zero attached hydrogens (tertiary/aromatic N) is 4. The van der Waals surface area contributed by atoms with Crippen LogP contribution in [0.2, 0.25) is 0 Å². The second kappa shape index (κ2) is 13.0. The van der Waals surface area contributed by atoms with Gasteiger partial charge in [-0.15, -0.1) is 45.5 Å². The number of aryl methyl sites for hydroxylation is 1. The molecule has 2 aromatic heterocycles. The Morgan fingerprint density at radius 2 is 2.12 bits per heavy atom. The molecule has 2 aromatic rings. The molecule has 0 fully saturated rings. The van der Waals surface area contributed by atoms with Crippen molar-refractivity contribution in [1.29, 1.82) is 0 Å². The number of halogens is 1. The van der Waals surface area contributed by atoms with E-state index >= 15 is 0 Å². The van der Waals surface area contributed by atoms with E-state index in [2.05, 4.69) is 43.3 Å². The van der Waals surface area contributed by atoms with Crippen LogP contribution in [-0.2, 0) is 24.8 Å². The fourth-order valence-electron chi connectivity index (χ4n) is 2.20. The summed E-state index contributed by atoms with van der Waals surface area (Å²) < 4.78 is 7.33. The fourth-order valence-corrected chi connectivity index (χ4v) is 2.91. The van der Waals surface area contributed by atoms with Crippen LogP contribution in [0.4, 0.5) is 0 Å². The van der Waals surface area contributed by atoms with E-state index in [1.807, 2.05) is 25.5 Å². The van der Waals surface area contributed by atoms with Gasteiger partial charge in [-0.2, -0.15) is 0 Å². The Morgan fingerprint density at radius 3 is 2.77 bits per heavy atom. The Bertz CT molecular complexity index is 644. The highest BCUT2D eigenvalue weighted by molar-refractivity contribution is 14.0. The van der Waals surface area contributed by atoms with Gasteiger partial charge in [-0.05, 0) is 38.1 Å². The molecule has 0 spiro atoms. The lowest BCUT2D eigenvalue weighted by Crippen LogP contribution is -2.39. The molecule has 0 aliphatic heterocycles. The zero-order chi connectivity index (χ0) is 17.9. The number of hydrogen-bond donors (Lipinski definition) is 2. The molecule has 2 heterocycles. The first-order valence-electron chi connectivity index (χ1n) is 8.68. The molecule has 0 bridgehead atoms. The van der Waals surface area contributed by atoms with E-state index < -0.39 is 0 Å². The molecule has 26 heavy (non-hydrogen) atoms. The minimum Gasteiger partial charge on any atom is -0.382 e. The summed E-state index contributed by atoms with van der Waals surface area (Å²) in [5.41, 5.74) is 0. The van der Waals surface area contributed by atoms with Crippen molar-refractivity contribution in [3.63, 3.8) is 0 Å². The van der Waals surface area contributed by atoms with Gasteiger partial charge in [0.25, 0.3) is 0 Å². The van der Waals surface area contributed by atoms with Crippen molar-refractivity contribution >= 4 is 41.3 Å². The first-order valence-corrected chi connectivity index (χ1v) is 9.55. The van der Waals surface area contributed by atoms with E-state index in [1.54, 1.807) is 11.3 Å². The molecule has 9 heteroatoms. The molecule has 0 unspecified atom stereocenters. The molecular weight excluding hydrogens is 463 g/mol. The van der Waals surface area contributed by atoms with Crippen LogP contribution in [0.25, 0.3) is 0 Å². The van der Waals surface area contributed by atoms with Crippen LogP contribution >= 0.6 is 35.3 Å². The number of ether oxygens (including phenoxy) is 1. The molecular formula is C17H29IN6OS. The Morgan fingerprint density at radius 1 is 1.31 bits per heavy atom. The minimum atomic E-state index is 0. The van der Waals surface area contributed by atoms with Gasteiger partial charge in [-0.1, -0.05) is 6.07 Å². The SMILES string of the molecule is CCOCCCNC(=NCc1nnc(C)n1C)NCCc1cccs1.I. The highest BCUT2D eigenvalue weighted by Crippen LogP contribution is 2.08. The van der Waals surface area contributed by atoms with Crippen LogP contribution in [0, 0.1) is 6.92 Å². The molecule has 146 valence electrons. The zero-order valence-electron chi connectivity index (χ0n) is 15.7. The van der Waals surface area contributed by atoms with Crippen LogP contribution in [0.5, 0.6) is 0 Å². The first-order chi connectivity index (χ1) is 12.2. The van der Waals surface area contributed by atoms with Gasteiger partial charge in [-0.3, -0.25) is 0 Å².